The van der Waals surface area contributed by atoms with Gasteiger partial charge in [-0.05, 0) is 43.5 Å². The minimum atomic E-state index is 0.0948. The van der Waals surface area contributed by atoms with Crippen LogP contribution < -0.4 is 10.2 Å². The molecule has 6 heteroatoms. The molecule has 0 spiro atoms. The predicted octanol–water partition coefficient (Wildman–Crippen LogP) is 3.64. The van der Waals surface area contributed by atoms with Crippen molar-refractivity contribution in [3.63, 3.8) is 0 Å². The van der Waals surface area contributed by atoms with E-state index in [0.29, 0.717) is 0 Å². The van der Waals surface area contributed by atoms with Gasteiger partial charge in [0.2, 0.25) is 0 Å². The van der Waals surface area contributed by atoms with Crippen LogP contribution in [0.3, 0.4) is 0 Å². The average molecular weight is 428 g/mol. The molecule has 164 valence electrons. The maximum atomic E-state index is 12.9. The highest BCUT2D eigenvalue weighted by Crippen LogP contribution is 2.40. The molecule has 5 rings (SSSR count). The van der Waals surface area contributed by atoms with Crippen molar-refractivity contribution in [3.8, 4) is 11.3 Å². The lowest BCUT2D eigenvalue weighted by molar-refractivity contribution is 0.0736. The van der Waals surface area contributed by atoms with Gasteiger partial charge in [0, 0.05) is 73.6 Å². The van der Waals surface area contributed by atoms with Gasteiger partial charge in [-0.3, -0.25) is 4.79 Å². The summed E-state index contributed by atoms with van der Waals surface area (Å²) >= 11 is 0. The molecule has 1 aromatic heterocycles. The van der Waals surface area contributed by atoms with E-state index >= 15 is 0 Å². The lowest BCUT2D eigenvalue weighted by Crippen LogP contribution is -2.46. The minimum Gasteiger partial charge on any atom is -0.374 e. The van der Waals surface area contributed by atoms with Crippen LogP contribution in [-0.2, 0) is 6.42 Å². The zero-order chi connectivity index (χ0) is 22.2. The van der Waals surface area contributed by atoms with Gasteiger partial charge in [0.05, 0.1) is 16.9 Å². The van der Waals surface area contributed by atoms with Crippen LogP contribution in [0.2, 0.25) is 0 Å². The summed E-state index contributed by atoms with van der Waals surface area (Å²) in [5, 5.41) is 12.4. The van der Waals surface area contributed by atoms with Gasteiger partial charge < -0.3 is 20.5 Å². The number of aryl methyl sites for hydroxylation is 1. The molecule has 6 nitrogen and oxygen atoms in total. The number of anilines is 1. The van der Waals surface area contributed by atoms with Gasteiger partial charge >= 0.3 is 0 Å². The van der Waals surface area contributed by atoms with E-state index in [1.807, 2.05) is 35.2 Å². The van der Waals surface area contributed by atoms with Gasteiger partial charge in [0.25, 0.3) is 5.91 Å². The standard InChI is InChI=1S/C26H29N5O/c1-17-5-10-22-23(21(17)16-27)25-20(4-3-13-30(25)2)24(29-22)18-6-8-19(9-7-18)26(32)31-14-11-28-12-15-31/h5-10,16,27-28H,3-4,11-15H2,1-2H3. The number of rotatable bonds is 3. The van der Waals surface area contributed by atoms with E-state index in [0.717, 1.165) is 84.4 Å². The van der Waals surface area contributed by atoms with Crippen LogP contribution in [0.1, 0.15) is 33.5 Å². The Labute approximate surface area is 188 Å². The summed E-state index contributed by atoms with van der Waals surface area (Å²) in [6.45, 7) is 6.25. The molecule has 2 aliphatic rings. The normalized spacial score (nSPS) is 16.2. The molecular formula is C26H29N5O. The summed E-state index contributed by atoms with van der Waals surface area (Å²) < 4.78 is 0. The van der Waals surface area contributed by atoms with Crippen molar-refractivity contribution in [1.82, 2.24) is 15.2 Å². The fourth-order valence-corrected chi connectivity index (χ4v) is 5.01. The van der Waals surface area contributed by atoms with Crippen LogP contribution >= 0.6 is 0 Å². The Morgan fingerprint density at radius 1 is 1.09 bits per heavy atom. The highest BCUT2D eigenvalue weighted by molar-refractivity contribution is 6.08. The third-order valence-electron chi connectivity index (χ3n) is 6.74. The molecule has 1 fully saturated rings. The van der Waals surface area contributed by atoms with Gasteiger partial charge in [0.15, 0.2) is 0 Å². The minimum absolute atomic E-state index is 0.0948. The lowest BCUT2D eigenvalue weighted by Gasteiger charge is -2.31. The van der Waals surface area contributed by atoms with E-state index in [1.165, 1.54) is 17.5 Å². The van der Waals surface area contributed by atoms with Gasteiger partial charge in [-0.15, -0.1) is 0 Å². The highest BCUT2D eigenvalue weighted by atomic mass is 16.2. The largest absolute Gasteiger partial charge is 0.374 e. The Balaban J connectivity index is 1.61. The van der Waals surface area contributed by atoms with Crippen molar-refractivity contribution in [3.05, 3.63) is 58.7 Å². The molecular weight excluding hydrogens is 398 g/mol. The van der Waals surface area contributed by atoms with E-state index in [2.05, 4.69) is 30.3 Å². The van der Waals surface area contributed by atoms with Crippen LogP contribution in [0, 0.1) is 12.3 Å². The molecule has 0 unspecified atom stereocenters. The highest BCUT2D eigenvalue weighted by Gasteiger charge is 2.25. The van der Waals surface area contributed by atoms with Crippen LogP contribution in [-0.4, -0.2) is 61.8 Å². The molecule has 0 aliphatic carbocycles. The first-order valence-corrected chi connectivity index (χ1v) is 11.4. The molecule has 0 radical (unpaired) electrons. The van der Waals surface area contributed by atoms with E-state index in [9.17, 15) is 4.79 Å². The number of nitrogens with one attached hydrogen (secondary N) is 2. The Bertz CT molecular complexity index is 1200. The number of piperazine rings is 1. The number of fused-ring (bicyclic) bond motifs is 3. The lowest BCUT2D eigenvalue weighted by atomic mass is 9.91. The van der Waals surface area contributed by atoms with E-state index in [-0.39, 0.29) is 5.91 Å². The molecule has 2 aliphatic heterocycles. The van der Waals surface area contributed by atoms with Crippen molar-refractivity contribution >= 4 is 28.7 Å². The predicted molar refractivity (Wildman–Crippen MR) is 130 cm³/mol. The first-order valence-electron chi connectivity index (χ1n) is 11.4. The summed E-state index contributed by atoms with van der Waals surface area (Å²) in [5.41, 5.74) is 8.14. The maximum absolute atomic E-state index is 12.9. The maximum Gasteiger partial charge on any atom is 0.253 e. The molecule has 1 saturated heterocycles. The average Bonchev–Trinajstić information content (AvgIpc) is 2.84. The van der Waals surface area contributed by atoms with Gasteiger partial charge in [-0.2, -0.15) is 0 Å². The number of hydrogen-bond acceptors (Lipinski definition) is 5. The third kappa shape index (κ3) is 3.45. The molecule has 2 aromatic carbocycles. The molecule has 0 atom stereocenters. The van der Waals surface area contributed by atoms with Gasteiger partial charge in [-0.1, -0.05) is 18.2 Å². The Morgan fingerprint density at radius 2 is 1.84 bits per heavy atom. The van der Waals surface area contributed by atoms with E-state index in [4.69, 9.17) is 10.4 Å². The number of amides is 1. The second-order valence-electron chi connectivity index (χ2n) is 8.77. The van der Waals surface area contributed by atoms with Crippen molar-refractivity contribution in [2.45, 2.75) is 19.8 Å². The number of carbonyl (C=O) groups excluding carboxylic acids is 1. The molecule has 32 heavy (non-hydrogen) atoms. The second kappa shape index (κ2) is 8.36. The molecule has 3 heterocycles. The summed E-state index contributed by atoms with van der Waals surface area (Å²) in [6.07, 6.45) is 3.50. The molecule has 0 saturated carbocycles. The number of pyridine rings is 1. The monoisotopic (exact) mass is 427 g/mol. The summed E-state index contributed by atoms with van der Waals surface area (Å²) in [4.78, 5) is 22.1. The summed E-state index contributed by atoms with van der Waals surface area (Å²) in [7, 11) is 2.13. The molecule has 1 amide bonds. The Hall–Kier alpha value is -3.25. The van der Waals surface area contributed by atoms with Crippen LogP contribution in [0.15, 0.2) is 36.4 Å². The fraction of sp³-hybridized carbons (Fsp3) is 0.346. The number of benzene rings is 2. The Kier molecular flexibility index (Phi) is 5.39. The van der Waals surface area contributed by atoms with Gasteiger partial charge in [-0.25, -0.2) is 4.98 Å². The summed E-state index contributed by atoms with van der Waals surface area (Å²) in [5.74, 6) is 0.0948. The SMILES string of the molecule is Cc1ccc2nc(-c3ccc(C(=O)N4CCNCC4)cc3)c3c(c2c1C=N)N(C)CCC3. The van der Waals surface area contributed by atoms with Crippen LogP contribution in [0.25, 0.3) is 22.2 Å². The van der Waals surface area contributed by atoms with Crippen molar-refractivity contribution < 1.29 is 4.79 Å². The number of hydrogen-bond donors (Lipinski definition) is 2. The van der Waals surface area contributed by atoms with Crippen molar-refractivity contribution in [2.75, 3.05) is 44.7 Å². The number of carbonyl (C=O) groups is 1. The van der Waals surface area contributed by atoms with Gasteiger partial charge in [0.1, 0.15) is 0 Å². The first kappa shape index (κ1) is 20.6. The van der Waals surface area contributed by atoms with E-state index in [1.54, 1.807) is 0 Å². The Morgan fingerprint density at radius 3 is 2.56 bits per heavy atom. The summed E-state index contributed by atoms with van der Waals surface area (Å²) in [6, 6.07) is 12.0. The number of aromatic nitrogens is 1. The first-order chi connectivity index (χ1) is 15.6. The zero-order valence-corrected chi connectivity index (χ0v) is 18.7. The smallest absolute Gasteiger partial charge is 0.253 e. The molecule has 3 aromatic rings. The topological polar surface area (TPSA) is 72.3 Å². The third-order valence-corrected chi connectivity index (χ3v) is 6.74. The van der Waals surface area contributed by atoms with Crippen LogP contribution in [0.5, 0.6) is 0 Å². The molecule has 2 N–H and O–H groups in total. The number of nitrogens with zero attached hydrogens (tertiary/aromatic N) is 3. The van der Waals surface area contributed by atoms with Crippen molar-refractivity contribution in [1.29, 1.82) is 5.41 Å². The second-order valence-corrected chi connectivity index (χ2v) is 8.77. The zero-order valence-electron chi connectivity index (χ0n) is 18.7. The van der Waals surface area contributed by atoms with Crippen LogP contribution in [0.4, 0.5) is 5.69 Å². The quantitative estimate of drug-likeness (QED) is 0.626. The molecule has 0 bridgehead atoms. The van der Waals surface area contributed by atoms with Crippen molar-refractivity contribution in [2.24, 2.45) is 0 Å². The van der Waals surface area contributed by atoms with E-state index < -0.39 is 0 Å². The fourth-order valence-electron chi connectivity index (χ4n) is 5.01.